The quantitative estimate of drug-likeness (QED) is 0.112. The minimum atomic E-state index is -0.726. The van der Waals surface area contributed by atoms with Crippen LogP contribution >= 0.6 is 0 Å². The maximum Gasteiger partial charge on any atom is 0.432 e. The van der Waals surface area contributed by atoms with Gasteiger partial charge in [-0.2, -0.15) is 4.48 Å². The molecule has 1 aliphatic heterocycles. The molecule has 0 aromatic rings. The van der Waals surface area contributed by atoms with E-state index in [-0.39, 0.29) is 44.5 Å². The third-order valence-electron chi connectivity index (χ3n) is 7.14. The van der Waals surface area contributed by atoms with Gasteiger partial charge >= 0.3 is 24.1 Å². The maximum absolute atomic E-state index is 13.9. The number of hydroxylamine groups is 2. The molecule has 0 aromatic heterocycles. The van der Waals surface area contributed by atoms with Gasteiger partial charge in [-0.25, -0.2) is 29.6 Å². The molecule has 1 saturated heterocycles. The molecule has 7 amide bonds. The van der Waals surface area contributed by atoms with Gasteiger partial charge in [-0.05, 0) is 46.5 Å². The highest BCUT2D eigenvalue weighted by atomic mass is 16.6. The van der Waals surface area contributed by atoms with Crippen LogP contribution in [0.15, 0.2) is 0 Å². The molecule has 1 unspecified atom stereocenters. The van der Waals surface area contributed by atoms with Gasteiger partial charge < -0.3 is 15.4 Å². The Morgan fingerprint density at radius 2 is 1.73 bits per heavy atom. The van der Waals surface area contributed by atoms with E-state index in [2.05, 4.69) is 16.0 Å². The van der Waals surface area contributed by atoms with E-state index in [1.165, 1.54) is 0 Å². The predicted octanol–water partition coefficient (Wildman–Crippen LogP) is 2.89. The van der Waals surface area contributed by atoms with Crippen molar-refractivity contribution >= 4 is 30.5 Å². The number of imide groups is 2. The number of quaternary nitrogens is 1. The summed E-state index contributed by atoms with van der Waals surface area (Å²) in [5.41, 5.74) is -0.607. The van der Waals surface area contributed by atoms with Crippen LogP contribution in [-0.2, 0) is 14.3 Å². The first-order valence-corrected chi connectivity index (χ1v) is 13.3. The van der Waals surface area contributed by atoms with Gasteiger partial charge in [-0.3, -0.25) is 10.0 Å². The van der Waals surface area contributed by atoms with E-state index < -0.39 is 34.2 Å². The van der Waals surface area contributed by atoms with Crippen molar-refractivity contribution < 1.29 is 38.4 Å². The molecule has 0 spiro atoms. The molecule has 2 rings (SSSR count). The molecule has 2 fully saturated rings. The number of alkyl carbamates (subject to hydrolysis) is 1. The SMILES string of the molecule is C[C@@H]1CCC[N+]1(C(=O)NC(=O)NCCCNC(=O)OC(C)(C)C)C(=O)[C@H](CC1CCCC1)CN(O)C=O. The van der Waals surface area contributed by atoms with E-state index in [1.54, 1.807) is 20.8 Å². The lowest BCUT2D eigenvalue weighted by Gasteiger charge is -2.36. The van der Waals surface area contributed by atoms with Crippen LogP contribution < -0.4 is 16.0 Å². The first-order valence-electron chi connectivity index (χ1n) is 13.3. The molecule has 12 heteroatoms. The lowest BCUT2D eigenvalue weighted by molar-refractivity contribution is -0.786. The van der Waals surface area contributed by atoms with Crippen LogP contribution in [0, 0.1) is 11.8 Å². The summed E-state index contributed by atoms with van der Waals surface area (Å²) in [4.78, 5) is 62.5. The zero-order chi connectivity index (χ0) is 27.6. The number of rotatable bonds is 10. The van der Waals surface area contributed by atoms with Gasteiger partial charge in [0.2, 0.25) is 6.41 Å². The average molecular weight is 527 g/mol. The van der Waals surface area contributed by atoms with Gasteiger partial charge in [0.25, 0.3) is 0 Å². The van der Waals surface area contributed by atoms with Gasteiger partial charge in [-0.15, -0.1) is 0 Å². The monoisotopic (exact) mass is 526 g/mol. The summed E-state index contributed by atoms with van der Waals surface area (Å²) < 4.78 is 4.61. The number of hydrogen-bond acceptors (Lipinski definition) is 7. The van der Waals surface area contributed by atoms with Crippen molar-refractivity contribution in [3.8, 4) is 0 Å². The van der Waals surface area contributed by atoms with Crippen molar-refractivity contribution in [1.82, 2.24) is 21.0 Å². The molecule has 37 heavy (non-hydrogen) atoms. The molecular weight excluding hydrogens is 482 g/mol. The minimum Gasteiger partial charge on any atom is -0.444 e. The first kappa shape index (κ1) is 30.5. The van der Waals surface area contributed by atoms with Crippen molar-refractivity contribution in [2.75, 3.05) is 26.2 Å². The van der Waals surface area contributed by atoms with Crippen LogP contribution in [0.2, 0.25) is 0 Å². The van der Waals surface area contributed by atoms with Gasteiger partial charge in [-0.1, -0.05) is 25.7 Å². The molecule has 1 heterocycles. The summed E-state index contributed by atoms with van der Waals surface area (Å²) >= 11 is 0. The van der Waals surface area contributed by atoms with Crippen LogP contribution in [0.5, 0.6) is 0 Å². The molecule has 210 valence electrons. The van der Waals surface area contributed by atoms with Gasteiger partial charge in [0, 0.05) is 25.9 Å². The van der Waals surface area contributed by atoms with Crippen LogP contribution in [0.25, 0.3) is 0 Å². The molecule has 4 N–H and O–H groups in total. The Labute approximate surface area is 219 Å². The highest BCUT2D eigenvalue weighted by Crippen LogP contribution is 2.35. The molecule has 2 aliphatic rings. The van der Waals surface area contributed by atoms with Crippen molar-refractivity contribution in [3.05, 3.63) is 0 Å². The highest BCUT2D eigenvalue weighted by Gasteiger charge is 2.55. The van der Waals surface area contributed by atoms with Crippen molar-refractivity contribution in [2.45, 2.75) is 90.7 Å². The number of hydrogen-bond donors (Lipinski definition) is 4. The van der Waals surface area contributed by atoms with E-state index in [0.717, 1.165) is 25.7 Å². The summed E-state index contributed by atoms with van der Waals surface area (Å²) in [6, 6.07) is -1.77. The first-order chi connectivity index (χ1) is 17.4. The molecule has 1 aliphatic carbocycles. The van der Waals surface area contributed by atoms with E-state index in [1.807, 2.05) is 6.92 Å². The minimum absolute atomic E-state index is 0.185. The molecular formula is C25H44N5O7+. The fraction of sp³-hybridized carbons (Fsp3) is 0.800. The zero-order valence-corrected chi connectivity index (χ0v) is 22.6. The number of amides is 7. The smallest absolute Gasteiger partial charge is 0.432 e. The number of carbonyl (C=O) groups excluding carboxylic acids is 5. The third-order valence-corrected chi connectivity index (χ3v) is 7.14. The summed E-state index contributed by atoms with van der Waals surface area (Å²) in [6.07, 6.45) is 6.00. The Kier molecular flexibility index (Phi) is 11.3. The zero-order valence-electron chi connectivity index (χ0n) is 22.6. The number of likely N-dealkylation sites (tertiary alicyclic amines) is 1. The molecule has 3 atom stereocenters. The largest absolute Gasteiger partial charge is 0.444 e. The van der Waals surface area contributed by atoms with Gasteiger partial charge in [0.05, 0.1) is 19.0 Å². The summed E-state index contributed by atoms with van der Waals surface area (Å²) in [5, 5.41) is 17.8. The lowest BCUT2D eigenvalue weighted by atomic mass is 9.91. The Bertz CT molecular complexity index is 825. The van der Waals surface area contributed by atoms with Gasteiger partial charge in [0.1, 0.15) is 11.6 Å². The second-order valence-corrected chi connectivity index (χ2v) is 11.2. The van der Waals surface area contributed by atoms with Crippen LogP contribution in [0.1, 0.15) is 79.1 Å². The van der Waals surface area contributed by atoms with E-state index in [0.29, 0.717) is 36.7 Å². The van der Waals surface area contributed by atoms with Crippen molar-refractivity contribution in [3.63, 3.8) is 0 Å². The standard InChI is InChI=1S/C25H43N5O7/c1-18-9-7-14-30(18,21(32)20(16-29(36)17-31)15-19-10-5-6-11-19)23(34)28-22(33)26-12-8-13-27-24(35)37-25(2,3)4/h17-20,36H,5-16H2,1-4H3,(H2-,26,27,28,33,34,35)/p+1/t18-,20-,30?/m1/s1. The number of nitrogens with zero attached hydrogens (tertiary/aromatic N) is 2. The summed E-state index contributed by atoms with van der Waals surface area (Å²) in [6.45, 7) is 7.63. The molecule has 0 radical (unpaired) electrons. The highest BCUT2D eigenvalue weighted by molar-refractivity contribution is 5.95. The number of nitrogens with one attached hydrogen (secondary N) is 3. The second kappa shape index (κ2) is 13.7. The van der Waals surface area contributed by atoms with Crippen LogP contribution in [0.3, 0.4) is 0 Å². The van der Waals surface area contributed by atoms with Crippen LogP contribution in [0.4, 0.5) is 14.4 Å². The maximum atomic E-state index is 13.9. The Balaban J connectivity index is 1.98. The molecule has 1 saturated carbocycles. The predicted molar refractivity (Wildman–Crippen MR) is 134 cm³/mol. The molecule has 0 aromatic carbocycles. The van der Waals surface area contributed by atoms with Gasteiger partial charge in [0.15, 0.2) is 0 Å². The van der Waals surface area contributed by atoms with E-state index in [9.17, 15) is 29.2 Å². The Morgan fingerprint density at radius 1 is 1.08 bits per heavy atom. The Morgan fingerprint density at radius 3 is 2.30 bits per heavy atom. The fourth-order valence-corrected chi connectivity index (χ4v) is 5.34. The fourth-order valence-electron chi connectivity index (χ4n) is 5.34. The Hall–Kier alpha value is -2.73. The topological polar surface area (TPSA) is 154 Å². The number of ether oxygens (including phenoxy) is 1. The average Bonchev–Trinajstić information content (AvgIpc) is 3.46. The lowest BCUT2D eigenvalue weighted by Crippen LogP contribution is -2.66. The summed E-state index contributed by atoms with van der Waals surface area (Å²) in [7, 11) is 0. The molecule has 12 nitrogen and oxygen atoms in total. The third kappa shape index (κ3) is 8.96. The molecule has 0 bridgehead atoms. The number of carbonyl (C=O) groups is 5. The van der Waals surface area contributed by atoms with Crippen molar-refractivity contribution in [2.24, 2.45) is 11.8 Å². The van der Waals surface area contributed by atoms with E-state index in [4.69, 9.17) is 4.74 Å². The number of urea groups is 2. The van der Waals surface area contributed by atoms with E-state index >= 15 is 0 Å². The second-order valence-electron chi connectivity index (χ2n) is 11.2. The van der Waals surface area contributed by atoms with Crippen LogP contribution in [-0.4, -0.2) is 83.0 Å². The summed E-state index contributed by atoms with van der Waals surface area (Å²) in [5.74, 6) is -0.788. The van der Waals surface area contributed by atoms with Crippen molar-refractivity contribution in [1.29, 1.82) is 0 Å². The normalized spacial score (nSPS) is 22.7.